The van der Waals surface area contributed by atoms with Crippen molar-refractivity contribution in [3.8, 4) is 0 Å². The maximum atomic E-state index is 9.77. The van der Waals surface area contributed by atoms with E-state index in [4.69, 9.17) is 4.74 Å². The molecule has 0 aliphatic carbocycles. The number of likely N-dealkylation sites (N-methyl/N-ethyl adjacent to an activating group) is 1. The number of nitrogens with zero attached hydrogens (tertiary/aromatic N) is 3. The maximum absolute atomic E-state index is 9.77. The lowest BCUT2D eigenvalue weighted by Gasteiger charge is -2.39. The van der Waals surface area contributed by atoms with Gasteiger partial charge in [-0.3, -0.25) is 4.90 Å². The second-order valence-corrected chi connectivity index (χ2v) is 9.22. The van der Waals surface area contributed by atoms with E-state index in [1.165, 1.54) is 65.0 Å². The molecule has 5 nitrogen and oxygen atoms in total. The Kier molecular flexibility index (Phi) is 9.31. The van der Waals surface area contributed by atoms with Gasteiger partial charge in [-0.2, -0.15) is 0 Å². The van der Waals surface area contributed by atoms with Crippen LogP contribution in [0, 0.1) is 11.3 Å². The van der Waals surface area contributed by atoms with Crippen LogP contribution in [-0.2, 0) is 4.74 Å². The summed E-state index contributed by atoms with van der Waals surface area (Å²) in [4.78, 5) is 7.86. The number of rotatable bonds is 11. The summed E-state index contributed by atoms with van der Waals surface area (Å²) in [5.74, 6) is 0.791. The van der Waals surface area contributed by atoms with E-state index in [1.54, 1.807) is 7.11 Å². The van der Waals surface area contributed by atoms with E-state index >= 15 is 0 Å². The molecule has 5 heteroatoms. The molecule has 0 radical (unpaired) electrons. The number of hydrogen-bond acceptors (Lipinski definition) is 5. The molecule has 0 unspecified atom stereocenters. The zero-order valence-corrected chi connectivity index (χ0v) is 17.8. The third-order valence-electron chi connectivity index (χ3n) is 6.29. The fourth-order valence-electron chi connectivity index (χ4n) is 4.65. The van der Waals surface area contributed by atoms with Gasteiger partial charge in [-0.1, -0.05) is 20.8 Å². The predicted octanol–water partition coefficient (Wildman–Crippen LogP) is 2.15. The topological polar surface area (TPSA) is 39.2 Å². The van der Waals surface area contributed by atoms with Crippen LogP contribution in [0.3, 0.4) is 0 Å². The van der Waals surface area contributed by atoms with Crippen LogP contribution in [0.1, 0.15) is 46.5 Å². The maximum Gasteiger partial charge on any atom is 0.0589 e. The fourth-order valence-corrected chi connectivity index (χ4v) is 4.65. The number of aliphatic hydroxyl groups is 1. The molecule has 0 spiro atoms. The smallest absolute Gasteiger partial charge is 0.0589 e. The molecule has 0 amide bonds. The number of methoxy groups -OCH3 is 1. The van der Waals surface area contributed by atoms with Crippen LogP contribution in [0.5, 0.6) is 0 Å². The van der Waals surface area contributed by atoms with E-state index < -0.39 is 0 Å². The molecule has 2 fully saturated rings. The first-order valence-electron chi connectivity index (χ1n) is 10.8. The predicted molar refractivity (Wildman–Crippen MR) is 109 cm³/mol. The molecule has 2 rings (SSSR count). The summed E-state index contributed by atoms with van der Waals surface area (Å²) in [6.45, 7) is 17.0. The van der Waals surface area contributed by atoms with Crippen LogP contribution >= 0.6 is 0 Å². The van der Waals surface area contributed by atoms with Crippen LogP contribution in [0.15, 0.2) is 0 Å². The second kappa shape index (κ2) is 11.0. The highest BCUT2D eigenvalue weighted by atomic mass is 16.5. The number of ether oxygens (including phenoxy) is 1. The highest BCUT2D eigenvalue weighted by Crippen LogP contribution is 2.24. The molecule has 0 aromatic carbocycles. The van der Waals surface area contributed by atoms with Gasteiger partial charge >= 0.3 is 0 Å². The average molecular weight is 370 g/mol. The molecule has 2 heterocycles. The highest BCUT2D eigenvalue weighted by molar-refractivity contribution is 4.85. The van der Waals surface area contributed by atoms with Crippen molar-refractivity contribution in [2.45, 2.75) is 52.5 Å². The normalized spacial score (nSPS) is 24.0. The standard InChI is InChI=1S/C21H43N3O2/c1-5-24-10-6-7-20(24)16-23(17-21(2,3)18-25)15-19-8-11-22(12-9-19)13-14-26-4/h19-20,25H,5-18H2,1-4H3/t20-/m0/s1. The minimum absolute atomic E-state index is 0.0190. The zero-order chi connectivity index (χ0) is 19.0. The van der Waals surface area contributed by atoms with Crippen molar-refractivity contribution in [1.29, 1.82) is 0 Å². The van der Waals surface area contributed by atoms with Gasteiger partial charge in [-0.15, -0.1) is 0 Å². The number of likely N-dealkylation sites (tertiary alicyclic amines) is 2. The Hall–Kier alpha value is -0.200. The van der Waals surface area contributed by atoms with Gasteiger partial charge in [0, 0.05) is 51.4 Å². The minimum atomic E-state index is -0.0190. The summed E-state index contributed by atoms with van der Waals surface area (Å²) >= 11 is 0. The van der Waals surface area contributed by atoms with Crippen LogP contribution in [0.2, 0.25) is 0 Å². The Morgan fingerprint density at radius 1 is 1.12 bits per heavy atom. The van der Waals surface area contributed by atoms with Gasteiger partial charge in [0.05, 0.1) is 6.61 Å². The number of hydrogen-bond donors (Lipinski definition) is 1. The zero-order valence-electron chi connectivity index (χ0n) is 17.8. The Labute approximate surface area is 161 Å². The molecule has 0 bridgehead atoms. The van der Waals surface area contributed by atoms with Crippen LogP contribution < -0.4 is 0 Å². The lowest BCUT2D eigenvalue weighted by Crippen LogP contribution is -2.47. The van der Waals surface area contributed by atoms with Gasteiger partial charge in [0.25, 0.3) is 0 Å². The molecule has 26 heavy (non-hydrogen) atoms. The summed E-state index contributed by atoms with van der Waals surface area (Å²) in [6.07, 6.45) is 5.26. The fraction of sp³-hybridized carbons (Fsp3) is 1.00. The summed E-state index contributed by atoms with van der Waals surface area (Å²) in [5, 5.41) is 9.77. The third-order valence-corrected chi connectivity index (χ3v) is 6.29. The lowest BCUT2D eigenvalue weighted by atomic mass is 9.91. The highest BCUT2D eigenvalue weighted by Gasteiger charge is 2.30. The molecule has 0 aromatic heterocycles. The summed E-state index contributed by atoms with van der Waals surface area (Å²) in [7, 11) is 1.79. The summed E-state index contributed by atoms with van der Waals surface area (Å²) in [5.41, 5.74) is -0.0190. The van der Waals surface area contributed by atoms with Crippen molar-refractivity contribution in [1.82, 2.24) is 14.7 Å². The van der Waals surface area contributed by atoms with Gasteiger partial charge in [0.1, 0.15) is 0 Å². The quantitative estimate of drug-likeness (QED) is 0.604. The summed E-state index contributed by atoms with van der Waals surface area (Å²) in [6, 6.07) is 0.705. The Morgan fingerprint density at radius 2 is 1.85 bits per heavy atom. The largest absolute Gasteiger partial charge is 0.396 e. The molecule has 1 N–H and O–H groups in total. The molecule has 0 saturated carbocycles. The average Bonchev–Trinajstić information content (AvgIpc) is 3.08. The Balaban J connectivity index is 1.87. The Morgan fingerprint density at radius 3 is 2.46 bits per heavy atom. The van der Waals surface area contributed by atoms with Crippen molar-refractivity contribution < 1.29 is 9.84 Å². The van der Waals surface area contributed by atoms with Gasteiger partial charge in [-0.05, 0) is 57.8 Å². The van der Waals surface area contributed by atoms with E-state index in [0.29, 0.717) is 6.04 Å². The van der Waals surface area contributed by atoms with Crippen molar-refractivity contribution in [2.75, 3.05) is 72.7 Å². The van der Waals surface area contributed by atoms with E-state index in [9.17, 15) is 5.11 Å². The van der Waals surface area contributed by atoms with Gasteiger partial charge in [0.2, 0.25) is 0 Å². The lowest BCUT2D eigenvalue weighted by molar-refractivity contribution is 0.0614. The monoisotopic (exact) mass is 369 g/mol. The van der Waals surface area contributed by atoms with Crippen LogP contribution in [0.25, 0.3) is 0 Å². The number of aliphatic hydroxyl groups excluding tert-OH is 1. The van der Waals surface area contributed by atoms with E-state index in [0.717, 1.165) is 25.6 Å². The molecular formula is C21H43N3O2. The van der Waals surface area contributed by atoms with E-state index in [2.05, 4.69) is 35.5 Å². The van der Waals surface area contributed by atoms with E-state index in [-0.39, 0.29) is 12.0 Å². The molecule has 1 atom stereocenters. The van der Waals surface area contributed by atoms with Gasteiger partial charge in [0.15, 0.2) is 0 Å². The third kappa shape index (κ3) is 7.08. The van der Waals surface area contributed by atoms with Gasteiger partial charge in [-0.25, -0.2) is 0 Å². The van der Waals surface area contributed by atoms with Crippen LogP contribution in [0.4, 0.5) is 0 Å². The molecule has 154 valence electrons. The minimum Gasteiger partial charge on any atom is -0.396 e. The Bertz CT molecular complexity index is 383. The first kappa shape index (κ1) is 22.1. The van der Waals surface area contributed by atoms with Crippen molar-refractivity contribution in [3.63, 3.8) is 0 Å². The molecule has 2 saturated heterocycles. The van der Waals surface area contributed by atoms with Crippen molar-refractivity contribution in [3.05, 3.63) is 0 Å². The van der Waals surface area contributed by atoms with E-state index in [1.807, 2.05) is 0 Å². The SMILES string of the molecule is CCN1CCC[C@H]1CN(CC1CCN(CCOC)CC1)CC(C)(C)CO. The molecular weight excluding hydrogens is 326 g/mol. The van der Waals surface area contributed by atoms with Crippen molar-refractivity contribution in [2.24, 2.45) is 11.3 Å². The molecule has 0 aromatic rings. The summed E-state index contributed by atoms with van der Waals surface area (Å²) < 4.78 is 5.22. The molecule has 2 aliphatic heterocycles. The van der Waals surface area contributed by atoms with Crippen LogP contribution in [-0.4, -0.2) is 98.5 Å². The van der Waals surface area contributed by atoms with Crippen molar-refractivity contribution >= 4 is 0 Å². The first-order valence-corrected chi connectivity index (χ1v) is 10.8. The second-order valence-electron chi connectivity index (χ2n) is 9.22. The van der Waals surface area contributed by atoms with Gasteiger partial charge < -0.3 is 19.6 Å². The first-order chi connectivity index (χ1) is 12.5. The molecule has 2 aliphatic rings. The number of piperidine rings is 1.